The summed E-state index contributed by atoms with van der Waals surface area (Å²) >= 11 is 7.22. The van der Waals surface area contributed by atoms with Crippen LogP contribution in [0.4, 0.5) is 0 Å². The number of rotatable bonds is 4. The molecule has 21 aromatic rings. The molecule has 90 heavy (non-hydrogen) atoms. The lowest BCUT2D eigenvalue weighted by Gasteiger charge is -2.27. The van der Waals surface area contributed by atoms with Crippen LogP contribution in [0.2, 0.25) is 0 Å². The molecule has 0 saturated carbocycles. The molecule has 8 heterocycles. The highest BCUT2D eigenvalue weighted by molar-refractivity contribution is 7.27. The minimum Gasteiger partial charge on any atom is -0.306 e. The zero-order chi connectivity index (χ0) is 58.8. The molecule has 21 rings (SSSR count). The molecule has 0 N–H and O–H groups in total. The van der Waals surface area contributed by atoms with Crippen LogP contribution in [-0.4, -0.2) is 18.3 Å². The van der Waals surface area contributed by atoms with Gasteiger partial charge in [-0.2, -0.15) is 10.5 Å². The monoisotopic (exact) mass is 1210 g/mol. The van der Waals surface area contributed by atoms with E-state index in [2.05, 4.69) is 273 Å². The van der Waals surface area contributed by atoms with Gasteiger partial charge in [0.05, 0.1) is 66.9 Å². The molecule has 0 fully saturated rings. The number of nitrogens with zero attached hydrogens (tertiary/aromatic N) is 6. The second-order valence-corrected chi connectivity index (χ2v) is 28.0. The van der Waals surface area contributed by atoms with Gasteiger partial charge in [-0.1, -0.05) is 146 Å². The lowest BCUT2D eigenvalue weighted by Crippen LogP contribution is -2.16. The maximum atomic E-state index is 13.3. The molecule has 13 aromatic carbocycles. The van der Waals surface area contributed by atoms with Crippen molar-refractivity contribution in [2.45, 2.75) is 0 Å². The third-order valence-electron chi connectivity index (χ3n) is 19.2. The lowest BCUT2D eigenvalue weighted by molar-refractivity contribution is 1.02. The molecule has 10 heteroatoms. The van der Waals surface area contributed by atoms with Gasteiger partial charge in [-0.3, -0.25) is 0 Å². The molecule has 0 radical (unpaired) electrons. The van der Waals surface area contributed by atoms with Crippen LogP contribution in [-0.2, 0) is 0 Å². The van der Waals surface area contributed by atoms with E-state index in [9.17, 15) is 10.5 Å². The molecule has 0 aliphatic carbocycles. The van der Waals surface area contributed by atoms with Crippen molar-refractivity contribution in [2.24, 2.45) is 0 Å². The van der Waals surface area contributed by atoms with Crippen LogP contribution in [0, 0.1) is 22.7 Å². The second-order valence-electron chi connectivity index (χ2n) is 23.6. The Bertz CT molecular complexity index is 6130. The predicted octanol–water partition coefficient (Wildman–Crippen LogP) is 23.3. The van der Waals surface area contributed by atoms with Crippen molar-refractivity contribution in [2.75, 3.05) is 0 Å². The summed E-state index contributed by atoms with van der Waals surface area (Å²) in [5.74, 6) is 0. The molecule has 0 atom stereocenters. The van der Waals surface area contributed by atoms with Gasteiger partial charge in [-0.15, -0.1) is 45.3 Å². The largest absolute Gasteiger partial charge is 0.306 e. The average Bonchev–Trinajstić information content (AvgIpc) is 1.49. The number of benzene rings is 13. The number of thiophene rings is 4. The van der Waals surface area contributed by atoms with Crippen LogP contribution in [0.5, 0.6) is 0 Å². The number of para-hydroxylation sites is 4. The Morgan fingerprint density at radius 1 is 0.200 bits per heavy atom. The van der Waals surface area contributed by atoms with Crippen molar-refractivity contribution < 1.29 is 0 Å². The van der Waals surface area contributed by atoms with Crippen molar-refractivity contribution in [3.8, 4) is 34.9 Å². The van der Waals surface area contributed by atoms with E-state index < -0.39 is 0 Å². The van der Waals surface area contributed by atoms with Crippen LogP contribution >= 0.6 is 45.3 Å². The SMILES string of the molecule is N#Cc1c(-n2c3ccccc3c3cc4sc5ccccc5c4cc32)c(-n2c3ccccc3c3cc4sc5ccccc5c4cc32)c(C#N)c(-n2c3ccccc3c3cc4sc5ccccc5c4cc32)c1-n1c2ccccc2c2cc3sc4ccccc4c3cc21. The van der Waals surface area contributed by atoms with E-state index in [-0.39, 0.29) is 0 Å². The molecular formula is C80H40N6S4. The van der Waals surface area contributed by atoms with Crippen LogP contribution in [0.15, 0.2) is 243 Å². The third kappa shape index (κ3) is 6.32. The van der Waals surface area contributed by atoms with Gasteiger partial charge in [-0.05, 0) is 97.1 Å². The fourth-order valence-corrected chi connectivity index (χ4v) is 20.0. The predicted molar refractivity (Wildman–Crippen MR) is 385 cm³/mol. The van der Waals surface area contributed by atoms with Gasteiger partial charge in [-0.25, -0.2) is 0 Å². The van der Waals surface area contributed by atoms with Crippen LogP contribution in [0.3, 0.4) is 0 Å². The number of hydrogen-bond acceptors (Lipinski definition) is 6. The van der Waals surface area contributed by atoms with Gasteiger partial charge in [0.2, 0.25) is 0 Å². The summed E-state index contributed by atoms with van der Waals surface area (Å²) in [5.41, 5.74) is 10.8. The van der Waals surface area contributed by atoms with E-state index in [1.54, 1.807) is 45.3 Å². The first-order chi connectivity index (χ1) is 44.6. The molecule has 0 amide bonds. The number of fused-ring (bicyclic) bond motifs is 24. The first-order valence-corrected chi connectivity index (χ1v) is 33.3. The van der Waals surface area contributed by atoms with E-state index in [1.165, 1.54) is 59.1 Å². The topological polar surface area (TPSA) is 67.3 Å². The van der Waals surface area contributed by atoms with Gasteiger partial charge in [0.1, 0.15) is 23.3 Å². The fraction of sp³-hybridized carbons (Fsp3) is 0. The Balaban J connectivity index is 1.06. The Labute approximate surface area is 526 Å². The smallest absolute Gasteiger partial charge is 0.104 e. The summed E-state index contributed by atoms with van der Waals surface area (Å²) < 4.78 is 19.0. The van der Waals surface area contributed by atoms with Gasteiger partial charge >= 0.3 is 0 Å². The van der Waals surface area contributed by atoms with Crippen molar-refractivity contribution in [3.63, 3.8) is 0 Å². The second kappa shape index (κ2) is 17.8. The molecule has 8 aromatic heterocycles. The minimum absolute atomic E-state index is 0.427. The van der Waals surface area contributed by atoms with E-state index in [0.29, 0.717) is 33.9 Å². The molecule has 0 spiro atoms. The van der Waals surface area contributed by atoms with Gasteiger partial charge in [0.15, 0.2) is 0 Å². The highest BCUT2D eigenvalue weighted by atomic mass is 32.1. The summed E-state index contributed by atoms with van der Waals surface area (Å²) in [6.45, 7) is 0. The standard InChI is InChI=1S/C80H40N6S4/c81-41-59-77(83-61-25-9-1-17-43(61)51-37-73-55(33-65(51)83)47-21-5-13-29-69(47)87-73)78(84-62-26-10-2-18-44(62)52-38-74-56(34-66(52)84)48-22-6-14-30-70(48)88-74)60(42-82)80(86-64-28-12-4-20-46(64)54-40-76-58(36-68(54)86)50-24-8-16-32-72(50)90-76)79(59)85-63-27-11-3-19-45(63)53-39-75-57(35-67(53)85)49-23-7-15-31-71(49)89-75/h1-40H. The van der Waals surface area contributed by atoms with E-state index in [1.807, 2.05) is 0 Å². The fourth-order valence-electron chi connectivity index (χ4n) is 15.5. The zero-order valence-corrected chi connectivity index (χ0v) is 50.7. The van der Waals surface area contributed by atoms with E-state index in [4.69, 9.17) is 0 Å². The number of hydrogen-bond donors (Lipinski definition) is 0. The molecule has 0 saturated heterocycles. The van der Waals surface area contributed by atoms with Crippen LogP contribution < -0.4 is 0 Å². The summed E-state index contributed by atoms with van der Waals surface area (Å²) in [6.07, 6.45) is 0. The first-order valence-electron chi connectivity index (χ1n) is 30.0. The maximum absolute atomic E-state index is 13.3. The highest BCUT2D eigenvalue weighted by Gasteiger charge is 2.35. The summed E-state index contributed by atoms with van der Waals surface area (Å²) in [5, 5.41) is 44.3. The maximum Gasteiger partial charge on any atom is 0.104 e. The van der Waals surface area contributed by atoms with Crippen molar-refractivity contribution >= 4 is 213 Å². The minimum atomic E-state index is 0.427. The van der Waals surface area contributed by atoms with E-state index >= 15 is 0 Å². The highest BCUT2D eigenvalue weighted by Crippen LogP contribution is 2.52. The Hall–Kier alpha value is -11.1. The van der Waals surface area contributed by atoms with Crippen molar-refractivity contribution in [1.29, 1.82) is 10.5 Å². The molecule has 0 bridgehead atoms. The summed E-state index contributed by atoms with van der Waals surface area (Å²) in [6, 6.07) is 94.3. The Kier molecular flexibility index (Phi) is 9.69. The van der Waals surface area contributed by atoms with Crippen LogP contribution in [0.25, 0.3) is 191 Å². The number of nitriles is 2. The van der Waals surface area contributed by atoms with Gasteiger partial charge in [0, 0.05) is 124 Å². The summed E-state index contributed by atoms with van der Waals surface area (Å²) in [7, 11) is 0. The normalized spacial score (nSPS) is 12.4. The average molecular weight is 1210 g/mol. The van der Waals surface area contributed by atoms with E-state index in [0.717, 1.165) is 109 Å². The summed E-state index contributed by atoms with van der Waals surface area (Å²) in [4.78, 5) is 0. The third-order valence-corrected chi connectivity index (χ3v) is 23.7. The van der Waals surface area contributed by atoms with Crippen LogP contribution in [0.1, 0.15) is 11.1 Å². The number of aromatic nitrogens is 4. The molecule has 0 aliphatic heterocycles. The van der Waals surface area contributed by atoms with Gasteiger partial charge in [0.25, 0.3) is 0 Å². The molecule has 6 nitrogen and oxygen atoms in total. The molecule has 0 unspecified atom stereocenters. The lowest BCUT2D eigenvalue weighted by atomic mass is 9.98. The molecule has 414 valence electrons. The molecule has 0 aliphatic rings. The first kappa shape index (κ1) is 49.0. The Morgan fingerprint density at radius 2 is 0.411 bits per heavy atom. The Morgan fingerprint density at radius 3 is 0.644 bits per heavy atom. The van der Waals surface area contributed by atoms with Crippen molar-refractivity contribution in [3.05, 3.63) is 254 Å². The van der Waals surface area contributed by atoms with Crippen molar-refractivity contribution in [1.82, 2.24) is 18.3 Å². The van der Waals surface area contributed by atoms with Gasteiger partial charge < -0.3 is 18.3 Å². The zero-order valence-electron chi connectivity index (χ0n) is 47.4. The molecular weight excluding hydrogens is 1170 g/mol. The quantitative estimate of drug-likeness (QED) is 0.176.